The van der Waals surface area contributed by atoms with Gasteiger partial charge in [-0.3, -0.25) is 4.79 Å². The first-order valence-corrected chi connectivity index (χ1v) is 7.87. The summed E-state index contributed by atoms with van der Waals surface area (Å²) in [5.74, 6) is -0.377. The van der Waals surface area contributed by atoms with Gasteiger partial charge in [-0.25, -0.2) is 9.37 Å². The molecule has 1 heterocycles. The summed E-state index contributed by atoms with van der Waals surface area (Å²) in [7, 11) is 0. The highest BCUT2D eigenvalue weighted by Crippen LogP contribution is 2.27. The van der Waals surface area contributed by atoms with Crippen LogP contribution in [-0.2, 0) is 0 Å². The molecule has 4 nitrogen and oxygen atoms in total. The first-order valence-electron chi connectivity index (χ1n) is 7.08. The fourth-order valence-corrected chi connectivity index (χ4v) is 2.39. The Bertz CT molecular complexity index is 872. The molecule has 0 spiro atoms. The fourth-order valence-electron chi connectivity index (χ4n) is 2.03. The molecule has 0 aliphatic carbocycles. The van der Waals surface area contributed by atoms with Crippen LogP contribution < -0.4 is 10.1 Å². The molecule has 6 heteroatoms. The maximum Gasteiger partial charge on any atom is 0.258 e. The maximum atomic E-state index is 13.8. The van der Waals surface area contributed by atoms with Gasteiger partial charge in [0.25, 0.3) is 5.91 Å². The molecule has 0 saturated carbocycles. The third kappa shape index (κ3) is 3.78. The van der Waals surface area contributed by atoms with Crippen molar-refractivity contribution in [1.82, 2.24) is 4.98 Å². The van der Waals surface area contributed by atoms with Crippen LogP contribution in [0.15, 0.2) is 71.3 Å². The van der Waals surface area contributed by atoms with Gasteiger partial charge in [0.15, 0.2) is 0 Å². The molecule has 0 saturated heterocycles. The van der Waals surface area contributed by atoms with Gasteiger partial charge < -0.3 is 10.1 Å². The summed E-state index contributed by atoms with van der Waals surface area (Å²) in [5, 5.41) is 2.63. The number of aromatic nitrogens is 1. The van der Waals surface area contributed by atoms with Crippen molar-refractivity contribution in [3.8, 4) is 11.6 Å². The van der Waals surface area contributed by atoms with Crippen molar-refractivity contribution < 1.29 is 13.9 Å². The molecule has 24 heavy (non-hydrogen) atoms. The van der Waals surface area contributed by atoms with Gasteiger partial charge in [-0.1, -0.05) is 34.1 Å². The van der Waals surface area contributed by atoms with Gasteiger partial charge in [0.2, 0.25) is 5.88 Å². The lowest BCUT2D eigenvalue weighted by molar-refractivity contribution is 0.102. The third-order valence-corrected chi connectivity index (χ3v) is 3.64. The maximum absolute atomic E-state index is 13.8. The average Bonchev–Trinajstić information content (AvgIpc) is 2.59. The number of nitrogens with zero attached hydrogens (tertiary/aromatic N) is 1. The minimum atomic E-state index is -0.606. The van der Waals surface area contributed by atoms with E-state index < -0.39 is 11.7 Å². The van der Waals surface area contributed by atoms with Crippen LogP contribution in [-0.4, -0.2) is 10.9 Å². The van der Waals surface area contributed by atoms with Crippen LogP contribution in [0.3, 0.4) is 0 Å². The Hall–Kier alpha value is -2.73. The summed E-state index contributed by atoms with van der Waals surface area (Å²) in [5.41, 5.74) is 0.282. The van der Waals surface area contributed by atoms with E-state index in [0.717, 1.165) is 0 Å². The standard InChI is InChI=1S/C18H12BrFN2O2/c19-12-8-9-15(20)14(11-12)17(23)22-16-7-4-10-21-18(16)24-13-5-2-1-3-6-13/h1-11H,(H,22,23). The number of pyridine rings is 1. The number of nitrogens with one attached hydrogen (secondary N) is 1. The highest BCUT2D eigenvalue weighted by atomic mass is 79.9. The zero-order valence-corrected chi connectivity index (χ0v) is 14.0. The SMILES string of the molecule is O=C(Nc1cccnc1Oc1ccccc1)c1cc(Br)ccc1F. The molecule has 1 N–H and O–H groups in total. The lowest BCUT2D eigenvalue weighted by atomic mass is 10.2. The first kappa shape index (κ1) is 16.1. The average molecular weight is 387 g/mol. The summed E-state index contributed by atoms with van der Waals surface area (Å²) in [6.07, 6.45) is 1.55. The molecule has 3 aromatic rings. The van der Waals surface area contributed by atoms with Crippen molar-refractivity contribution in [3.63, 3.8) is 0 Å². The number of para-hydroxylation sites is 1. The summed E-state index contributed by atoms with van der Waals surface area (Å²) in [4.78, 5) is 16.5. The molecule has 0 atom stereocenters. The molecule has 0 bridgehead atoms. The zero-order chi connectivity index (χ0) is 16.9. The Kier molecular flexibility index (Phi) is 4.86. The Morgan fingerprint density at radius 1 is 1.08 bits per heavy atom. The molecule has 0 aliphatic rings. The van der Waals surface area contributed by atoms with Crippen LogP contribution in [0.25, 0.3) is 0 Å². The van der Waals surface area contributed by atoms with E-state index in [0.29, 0.717) is 15.9 Å². The van der Waals surface area contributed by atoms with Crippen molar-refractivity contribution in [2.45, 2.75) is 0 Å². The number of hydrogen-bond donors (Lipinski definition) is 1. The molecule has 0 fully saturated rings. The second kappa shape index (κ2) is 7.23. The van der Waals surface area contributed by atoms with E-state index in [1.54, 1.807) is 30.5 Å². The van der Waals surface area contributed by atoms with E-state index >= 15 is 0 Å². The van der Waals surface area contributed by atoms with Crippen molar-refractivity contribution in [3.05, 3.63) is 82.7 Å². The fraction of sp³-hybridized carbons (Fsp3) is 0. The van der Waals surface area contributed by atoms with E-state index in [2.05, 4.69) is 26.2 Å². The Balaban J connectivity index is 1.85. The van der Waals surface area contributed by atoms with Gasteiger partial charge in [0.05, 0.1) is 5.56 Å². The third-order valence-electron chi connectivity index (χ3n) is 3.15. The lowest BCUT2D eigenvalue weighted by Gasteiger charge is -2.11. The summed E-state index contributed by atoms with van der Waals surface area (Å²) in [6, 6.07) is 16.5. The van der Waals surface area contributed by atoms with Gasteiger partial charge in [0, 0.05) is 10.7 Å². The van der Waals surface area contributed by atoms with Gasteiger partial charge in [0.1, 0.15) is 17.3 Å². The number of carbonyl (C=O) groups excluding carboxylic acids is 1. The largest absolute Gasteiger partial charge is 0.437 e. The minimum absolute atomic E-state index is 0.0705. The molecule has 2 aromatic carbocycles. The topological polar surface area (TPSA) is 51.2 Å². The number of benzene rings is 2. The number of hydrogen-bond acceptors (Lipinski definition) is 3. The van der Waals surface area contributed by atoms with Gasteiger partial charge in [-0.15, -0.1) is 0 Å². The van der Waals surface area contributed by atoms with Crippen molar-refractivity contribution >= 4 is 27.5 Å². The highest BCUT2D eigenvalue weighted by molar-refractivity contribution is 9.10. The second-order valence-electron chi connectivity index (χ2n) is 4.85. The molecular weight excluding hydrogens is 375 g/mol. The second-order valence-corrected chi connectivity index (χ2v) is 5.77. The number of rotatable bonds is 4. The van der Waals surface area contributed by atoms with Gasteiger partial charge >= 0.3 is 0 Å². The van der Waals surface area contributed by atoms with Crippen LogP contribution in [0.1, 0.15) is 10.4 Å². The van der Waals surface area contributed by atoms with Crippen molar-refractivity contribution in [2.24, 2.45) is 0 Å². The lowest BCUT2D eigenvalue weighted by Crippen LogP contribution is -2.14. The van der Waals surface area contributed by atoms with Crippen LogP contribution in [0, 0.1) is 5.82 Å². The molecule has 1 aromatic heterocycles. The minimum Gasteiger partial charge on any atom is -0.437 e. The molecule has 0 aliphatic heterocycles. The molecule has 0 unspecified atom stereocenters. The molecule has 120 valence electrons. The smallest absolute Gasteiger partial charge is 0.258 e. The Morgan fingerprint density at radius 3 is 2.67 bits per heavy atom. The molecule has 3 rings (SSSR count). The van der Waals surface area contributed by atoms with Crippen LogP contribution in [0.2, 0.25) is 0 Å². The van der Waals surface area contributed by atoms with Crippen LogP contribution in [0.5, 0.6) is 11.6 Å². The number of ether oxygens (including phenoxy) is 1. The number of halogens is 2. The number of amides is 1. The monoisotopic (exact) mass is 386 g/mol. The Morgan fingerprint density at radius 2 is 1.88 bits per heavy atom. The van der Waals surface area contributed by atoms with Crippen molar-refractivity contribution in [1.29, 1.82) is 0 Å². The number of anilines is 1. The number of carbonyl (C=O) groups is 1. The predicted molar refractivity (Wildman–Crippen MR) is 92.8 cm³/mol. The van der Waals surface area contributed by atoms with Crippen LogP contribution in [0.4, 0.5) is 10.1 Å². The van der Waals surface area contributed by atoms with E-state index in [9.17, 15) is 9.18 Å². The van der Waals surface area contributed by atoms with E-state index in [1.165, 1.54) is 18.2 Å². The van der Waals surface area contributed by atoms with E-state index in [-0.39, 0.29) is 11.4 Å². The predicted octanol–water partition coefficient (Wildman–Crippen LogP) is 5.03. The highest BCUT2D eigenvalue weighted by Gasteiger charge is 2.15. The summed E-state index contributed by atoms with van der Waals surface area (Å²) < 4.78 is 20.1. The van der Waals surface area contributed by atoms with E-state index in [4.69, 9.17) is 4.74 Å². The normalized spacial score (nSPS) is 10.2. The summed E-state index contributed by atoms with van der Waals surface area (Å²) >= 11 is 3.23. The van der Waals surface area contributed by atoms with Gasteiger partial charge in [-0.05, 0) is 42.5 Å². The Labute approximate surface area is 146 Å². The molecular formula is C18H12BrFN2O2. The summed E-state index contributed by atoms with van der Waals surface area (Å²) in [6.45, 7) is 0. The van der Waals surface area contributed by atoms with E-state index in [1.807, 2.05) is 18.2 Å². The quantitative estimate of drug-likeness (QED) is 0.684. The van der Waals surface area contributed by atoms with Crippen molar-refractivity contribution in [2.75, 3.05) is 5.32 Å². The molecule has 0 radical (unpaired) electrons. The zero-order valence-electron chi connectivity index (χ0n) is 12.4. The first-order chi connectivity index (χ1) is 11.6. The molecule has 1 amide bonds. The van der Waals surface area contributed by atoms with Crippen LogP contribution >= 0.6 is 15.9 Å². The van der Waals surface area contributed by atoms with Gasteiger partial charge in [-0.2, -0.15) is 0 Å².